The molecular weight excluding hydrogens is 216 g/mol. The third-order valence-corrected chi connectivity index (χ3v) is 2.86. The minimum atomic E-state index is -0.326. The van der Waals surface area contributed by atoms with E-state index in [4.69, 9.17) is 4.74 Å². The van der Waals surface area contributed by atoms with Gasteiger partial charge in [0.25, 0.3) is 0 Å². The number of hydrogen-bond donors (Lipinski definition) is 0. The van der Waals surface area contributed by atoms with Gasteiger partial charge in [0.2, 0.25) is 0 Å². The summed E-state index contributed by atoms with van der Waals surface area (Å²) in [6, 6.07) is 7.15. The maximum atomic E-state index is 10.8. The Morgan fingerprint density at radius 3 is 2.88 bits per heavy atom. The van der Waals surface area contributed by atoms with Gasteiger partial charge in [-0.2, -0.15) is 4.91 Å². The van der Waals surface area contributed by atoms with E-state index in [1.165, 1.54) is 0 Å². The SMILES string of the molecule is CCC(N=O)c1ccnc2ccc(OC)cc12. The lowest BCUT2D eigenvalue weighted by Crippen LogP contribution is -1.96. The van der Waals surface area contributed by atoms with Crippen LogP contribution < -0.4 is 4.74 Å². The number of benzene rings is 1. The van der Waals surface area contributed by atoms with Crippen molar-refractivity contribution in [2.24, 2.45) is 5.18 Å². The average Bonchev–Trinajstić information content (AvgIpc) is 2.40. The van der Waals surface area contributed by atoms with Crippen LogP contribution in [0.25, 0.3) is 10.9 Å². The molecule has 0 radical (unpaired) electrons. The topological polar surface area (TPSA) is 51.5 Å². The third kappa shape index (κ3) is 2.11. The van der Waals surface area contributed by atoms with Gasteiger partial charge in [0.1, 0.15) is 11.8 Å². The quantitative estimate of drug-likeness (QED) is 0.756. The van der Waals surface area contributed by atoms with Crippen molar-refractivity contribution in [2.75, 3.05) is 7.11 Å². The molecule has 1 unspecified atom stereocenters. The monoisotopic (exact) mass is 230 g/mol. The van der Waals surface area contributed by atoms with E-state index >= 15 is 0 Å². The smallest absolute Gasteiger partial charge is 0.119 e. The van der Waals surface area contributed by atoms with Crippen LogP contribution in [-0.2, 0) is 0 Å². The molecule has 88 valence electrons. The lowest BCUT2D eigenvalue weighted by Gasteiger charge is -2.10. The highest BCUT2D eigenvalue weighted by molar-refractivity contribution is 5.84. The van der Waals surface area contributed by atoms with Gasteiger partial charge >= 0.3 is 0 Å². The number of aromatic nitrogens is 1. The van der Waals surface area contributed by atoms with E-state index < -0.39 is 0 Å². The molecule has 2 rings (SSSR count). The number of methoxy groups -OCH3 is 1. The molecule has 0 N–H and O–H groups in total. The largest absolute Gasteiger partial charge is 0.497 e. The van der Waals surface area contributed by atoms with Gasteiger partial charge in [-0.3, -0.25) is 4.98 Å². The van der Waals surface area contributed by atoms with Crippen LogP contribution in [0.2, 0.25) is 0 Å². The Hall–Kier alpha value is -1.97. The Morgan fingerprint density at radius 1 is 1.41 bits per heavy atom. The second kappa shape index (κ2) is 4.91. The van der Waals surface area contributed by atoms with Crippen LogP contribution in [-0.4, -0.2) is 12.1 Å². The number of pyridine rings is 1. The molecule has 0 aliphatic carbocycles. The molecular formula is C13H14N2O2. The van der Waals surface area contributed by atoms with E-state index in [1.54, 1.807) is 13.3 Å². The van der Waals surface area contributed by atoms with E-state index in [0.717, 1.165) is 22.2 Å². The molecule has 4 nitrogen and oxygen atoms in total. The van der Waals surface area contributed by atoms with E-state index in [0.29, 0.717) is 6.42 Å². The first-order valence-electron chi connectivity index (χ1n) is 5.55. The van der Waals surface area contributed by atoms with Crippen molar-refractivity contribution in [2.45, 2.75) is 19.4 Å². The van der Waals surface area contributed by atoms with Crippen LogP contribution in [0.4, 0.5) is 0 Å². The lowest BCUT2D eigenvalue weighted by atomic mass is 10.0. The fourth-order valence-electron chi connectivity index (χ4n) is 1.92. The van der Waals surface area contributed by atoms with Gasteiger partial charge in [-0.15, -0.1) is 0 Å². The molecule has 0 saturated carbocycles. The molecule has 1 heterocycles. The summed E-state index contributed by atoms with van der Waals surface area (Å²) in [5.74, 6) is 0.757. The number of nitroso groups, excluding NO2 is 1. The van der Waals surface area contributed by atoms with Crippen LogP contribution in [0.15, 0.2) is 35.6 Å². The van der Waals surface area contributed by atoms with Crippen LogP contribution in [0, 0.1) is 4.91 Å². The molecule has 0 bridgehead atoms. The number of fused-ring (bicyclic) bond motifs is 1. The highest BCUT2D eigenvalue weighted by atomic mass is 16.5. The minimum absolute atomic E-state index is 0.326. The molecule has 1 atom stereocenters. The van der Waals surface area contributed by atoms with E-state index in [-0.39, 0.29) is 6.04 Å². The molecule has 1 aromatic heterocycles. The second-order valence-corrected chi connectivity index (χ2v) is 3.81. The second-order valence-electron chi connectivity index (χ2n) is 3.81. The first kappa shape index (κ1) is 11.5. The van der Waals surface area contributed by atoms with Crippen molar-refractivity contribution in [3.63, 3.8) is 0 Å². The number of rotatable bonds is 4. The van der Waals surface area contributed by atoms with Gasteiger partial charge in [-0.1, -0.05) is 12.1 Å². The molecule has 0 fully saturated rings. The van der Waals surface area contributed by atoms with Gasteiger partial charge in [-0.05, 0) is 36.2 Å². The van der Waals surface area contributed by atoms with Gasteiger partial charge in [0, 0.05) is 11.6 Å². The van der Waals surface area contributed by atoms with Crippen LogP contribution in [0.5, 0.6) is 5.75 Å². The molecule has 0 spiro atoms. The van der Waals surface area contributed by atoms with Gasteiger partial charge in [0.15, 0.2) is 0 Å². The zero-order valence-electron chi connectivity index (χ0n) is 9.88. The molecule has 1 aromatic carbocycles. The van der Waals surface area contributed by atoms with E-state index in [9.17, 15) is 4.91 Å². The predicted molar refractivity (Wildman–Crippen MR) is 67.1 cm³/mol. The lowest BCUT2D eigenvalue weighted by molar-refractivity contribution is 0.415. The maximum absolute atomic E-state index is 10.8. The van der Waals surface area contributed by atoms with Crippen molar-refractivity contribution in [1.82, 2.24) is 4.98 Å². The van der Waals surface area contributed by atoms with Crippen molar-refractivity contribution in [3.8, 4) is 5.75 Å². The summed E-state index contributed by atoms with van der Waals surface area (Å²) < 4.78 is 5.19. The predicted octanol–water partition coefficient (Wildman–Crippen LogP) is 3.46. The Kier molecular flexibility index (Phi) is 3.32. The van der Waals surface area contributed by atoms with Crippen molar-refractivity contribution in [3.05, 3.63) is 40.9 Å². The number of nitrogens with zero attached hydrogens (tertiary/aromatic N) is 2. The standard InChI is InChI=1S/C13H14N2O2/c1-3-12(15-16)10-6-7-14-13-5-4-9(17-2)8-11(10)13/h4-8,12H,3H2,1-2H3. The molecule has 17 heavy (non-hydrogen) atoms. The van der Waals surface area contributed by atoms with Crippen molar-refractivity contribution >= 4 is 10.9 Å². The highest BCUT2D eigenvalue weighted by Crippen LogP contribution is 2.29. The molecule has 0 amide bonds. The Balaban J connectivity index is 2.65. The first-order chi connectivity index (χ1) is 8.30. The summed E-state index contributed by atoms with van der Waals surface area (Å²) in [4.78, 5) is 15.1. The Labute approximate surface area is 99.6 Å². The number of ether oxygens (including phenoxy) is 1. The fourth-order valence-corrected chi connectivity index (χ4v) is 1.92. The van der Waals surface area contributed by atoms with Gasteiger partial charge in [0.05, 0.1) is 12.6 Å². The van der Waals surface area contributed by atoms with Crippen LogP contribution in [0.3, 0.4) is 0 Å². The summed E-state index contributed by atoms with van der Waals surface area (Å²) in [6.07, 6.45) is 2.39. The first-order valence-corrected chi connectivity index (χ1v) is 5.55. The molecule has 0 saturated heterocycles. The zero-order valence-corrected chi connectivity index (χ0v) is 9.88. The summed E-state index contributed by atoms with van der Waals surface area (Å²) in [6.45, 7) is 1.94. The third-order valence-electron chi connectivity index (χ3n) is 2.86. The van der Waals surface area contributed by atoms with Crippen LogP contribution >= 0.6 is 0 Å². The minimum Gasteiger partial charge on any atom is -0.497 e. The molecule has 4 heteroatoms. The van der Waals surface area contributed by atoms with E-state index in [1.807, 2.05) is 31.2 Å². The van der Waals surface area contributed by atoms with Gasteiger partial charge in [-0.25, -0.2) is 0 Å². The summed E-state index contributed by atoms with van der Waals surface area (Å²) >= 11 is 0. The summed E-state index contributed by atoms with van der Waals surface area (Å²) in [5.41, 5.74) is 1.76. The molecule has 0 aliphatic heterocycles. The molecule has 0 aliphatic rings. The summed E-state index contributed by atoms with van der Waals surface area (Å²) in [7, 11) is 1.62. The zero-order chi connectivity index (χ0) is 12.3. The maximum Gasteiger partial charge on any atom is 0.119 e. The highest BCUT2D eigenvalue weighted by Gasteiger charge is 2.13. The Bertz CT molecular complexity index is 540. The van der Waals surface area contributed by atoms with E-state index in [2.05, 4.69) is 10.2 Å². The summed E-state index contributed by atoms with van der Waals surface area (Å²) in [5, 5.41) is 4.09. The van der Waals surface area contributed by atoms with Crippen molar-refractivity contribution < 1.29 is 4.74 Å². The van der Waals surface area contributed by atoms with Gasteiger partial charge < -0.3 is 4.74 Å². The fraction of sp³-hybridized carbons (Fsp3) is 0.308. The van der Waals surface area contributed by atoms with Crippen LogP contribution in [0.1, 0.15) is 24.9 Å². The Morgan fingerprint density at radius 2 is 2.24 bits per heavy atom. The normalized spacial score (nSPS) is 12.4. The van der Waals surface area contributed by atoms with Crippen molar-refractivity contribution in [1.29, 1.82) is 0 Å². The average molecular weight is 230 g/mol. The number of hydrogen-bond acceptors (Lipinski definition) is 4. The molecule has 2 aromatic rings.